The Morgan fingerprint density at radius 3 is 2.46 bits per heavy atom. The molecule has 1 N–H and O–H groups in total. The Bertz CT molecular complexity index is 762. The number of rotatable bonds is 3. The Balaban J connectivity index is 1.63. The zero-order chi connectivity index (χ0) is 17.1. The predicted molar refractivity (Wildman–Crippen MR) is 91.7 cm³/mol. The third kappa shape index (κ3) is 3.41. The largest absolute Gasteiger partial charge is 0.388 e. The van der Waals surface area contributed by atoms with Crippen molar-refractivity contribution in [3.05, 3.63) is 70.1 Å². The van der Waals surface area contributed by atoms with Gasteiger partial charge in [-0.1, -0.05) is 30.3 Å². The molecule has 0 bridgehead atoms. The van der Waals surface area contributed by atoms with E-state index in [1.165, 1.54) is 10.6 Å². The second-order valence-electron chi connectivity index (χ2n) is 6.35. The van der Waals surface area contributed by atoms with Crippen LogP contribution in [0.2, 0.25) is 0 Å². The van der Waals surface area contributed by atoms with E-state index in [1.54, 1.807) is 24.2 Å². The number of nitrogens with zero attached hydrogens (tertiary/aromatic N) is 2. The molecule has 1 aliphatic heterocycles. The molecule has 5 heteroatoms. The van der Waals surface area contributed by atoms with E-state index in [1.807, 2.05) is 30.3 Å². The van der Waals surface area contributed by atoms with Gasteiger partial charge in [0.15, 0.2) is 0 Å². The molecule has 5 nitrogen and oxygen atoms in total. The predicted octanol–water partition coefficient (Wildman–Crippen LogP) is 1.97. The lowest BCUT2D eigenvalue weighted by Gasteiger charge is -2.34. The topological polar surface area (TPSA) is 62.5 Å². The smallest absolute Gasteiger partial charge is 0.254 e. The van der Waals surface area contributed by atoms with Crippen LogP contribution in [-0.2, 0) is 7.05 Å². The van der Waals surface area contributed by atoms with Gasteiger partial charge in [-0.05, 0) is 30.4 Å². The highest BCUT2D eigenvalue weighted by molar-refractivity contribution is 5.94. The zero-order valence-corrected chi connectivity index (χ0v) is 13.8. The molecule has 2 heterocycles. The molecule has 1 fully saturated rings. The number of carbonyl (C=O) groups is 1. The Labute approximate surface area is 141 Å². The van der Waals surface area contributed by atoms with Gasteiger partial charge in [-0.15, -0.1) is 0 Å². The third-order valence-corrected chi connectivity index (χ3v) is 4.77. The van der Waals surface area contributed by atoms with Gasteiger partial charge in [-0.3, -0.25) is 9.59 Å². The average molecular weight is 326 g/mol. The summed E-state index contributed by atoms with van der Waals surface area (Å²) in [4.78, 5) is 26.0. The zero-order valence-electron chi connectivity index (χ0n) is 13.8. The van der Waals surface area contributed by atoms with Gasteiger partial charge in [0.25, 0.3) is 11.5 Å². The molecular weight excluding hydrogens is 304 g/mol. The highest BCUT2D eigenvalue weighted by atomic mass is 16.3. The van der Waals surface area contributed by atoms with Crippen LogP contribution in [0.25, 0.3) is 0 Å². The van der Waals surface area contributed by atoms with E-state index < -0.39 is 6.10 Å². The van der Waals surface area contributed by atoms with Gasteiger partial charge in [0.05, 0.1) is 6.10 Å². The van der Waals surface area contributed by atoms with Gasteiger partial charge in [-0.25, -0.2) is 0 Å². The number of carbonyl (C=O) groups excluding carboxylic acids is 1. The first kappa shape index (κ1) is 16.5. The van der Waals surface area contributed by atoms with Crippen LogP contribution in [0.3, 0.4) is 0 Å². The molecule has 3 rings (SSSR count). The highest BCUT2D eigenvalue weighted by Crippen LogP contribution is 2.30. The maximum Gasteiger partial charge on any atom is 0.254 e. The molecule has 2 aromatic rings. The summed E-state index contributed by atoms with van der Waals surface area (Å²) in [5.41, 5.74) is 1.17. The number of aryl methyl sites for hydroxylation is 1. The number of hydrogen-bond donors (Lipinski definition) is 1. The van der Waals surface area contributed by atoms with Crippen molar-refractivity contribution < 1.29 is 9.90 Å². The third-order valence-electron chi connectivity index (χ3n) is 4.77. The number of aliphatic hydroxyl groups is 1. The van der Waals surface area contributed by atoms with E-state index in [-0.39, 0.29) is 17.4 Å². The first-order valence-electron chi connectivity index (χ1n) is 8.25. The van der Waals surface area contributed by atoms with E-state index in [0.29, 0.717) is 18.7 Å². The van der Waals surface area contributed by atoms with Crippen molar-refractivity contribution in [3.8, 4) is 0 Å². The molecule has 0 radical (unpaired) electrons. The SMILES string of the molecule is Cn1ccc(C(=O)N2CCC(C(O)c3ccccc3)CC2)cc1=O. The standard InChI is InChI=1S/C19H22N2O3/c1-20-10-7-16(13-17(20)22)19(24)21-11-8-15(9-12-21)18(23)14-5-3-2-4-6-14/h2-7,10,13,15,18,23H,8-9,11-12H2,1H3. The van der Waals surface area contributed by atoms with Gasteiger partial charge in [-0.2, -0.15) is 0 Å². The highest BCUT2D eigenvalue weighted by Gasteiger charge is 2.28. The lowest BCUT2D eigenvalue weighted by Crippen LogP contribution is -2.40. The normalized spacial score (nSPS) is 16.8. The van der Waals surface area contributed by atoms with Crippen LogP contribution < -0.4 is 5.56 Å². The van der Waals surface area contributed by atoms with Crippen LogP contribution >= 0.6 is 0 Å². The first-order valence-corrected chi connectivity index (χ1v) is 8.25. The summed E-state index contributed by atoms with van der Waals surface area (Å²) >= 11 is 0. The summed E-state index contributed by atoms with van der Waals surface area (Å²) in [5.74, 6) is 0.0421. The number of piperidine rings is 1. The van der Waals surface area contributed by atoms with Gasteiger partial charge < -0.3 is 14.6 Å². The minimum Gasteiger partial charge on any atom is -0.388 e. The summed E-state index contributed by atoms with van der Waals surface area (Å²) in [6.45, 7) is 1.20. The van der Waals surface area contributed by atoms with Crippen molar-refractivity contribution in [1.82, 2.24) is 9.47 Å². The van der Waals surface area contributed by atoms with Gasteiger partial charge >= 0.3 is 0 Å². The van der Waals surface area contributed by atoms with Crippen molar-refractivity contribution in [3.63, 3.8) is 0 Å². The maximum absolute atomic E-state index is 12.5. The van der Waals surface area contributed by atoms with Gasteiger partial charge in [0.2, 0.25) is 0 Å². The summed E-state index contributed by atoms with van der Waals surface area (Å²) in [7, 11) is 1.66. The molecule has 24 heavy (non-hydrogen) atoms. The van der Waals surface area contributed by atoms with E-state index in [2.05, 4.69) is 0 Å². The molecule has 1 unspecified atom stereocenters. The fraction of sp³-hybridized carbons (Fsp3) is 0.368. The lowest BCUT2D eigenvalue weighted by atomic mass is 9.87. The number of hydrogen-bond acceptors (Lipinski definition) is 3. The van der Waals surface area contributed by atoms with Crippen molar-refractivity contribution in [2.24, 2.45) is 13.0 Å². The van der Waals surface area contributed by atoms with E-state index >= 15 is 0 Å². The van der Waals surface area contributed by atoms with Crippen LogP contribution in [0.4, 0.5) is 0 Å². The summed E-state index contributed by atoms with van der Waals surface area (Å²) in [5, 5.41) is 10.5. The quantitative estimate of drug-likeness (QED) is 0.938. The fourth-order valence-electron chi connectivity index (χ4n) is 3.20. The molecule has 0 aliphatic carbocycles. The van der Waals surface area contributed by atoms with Crippen LogP contribution in [0.15, 0.2) is 53.5 Å². The number of benzene rings is 1. The Hall–Kier alpha value is -2.40. The molecule has 0 saturated carbocycles. The Kier molecular flexibility index (Phi) is 4.81. The number of pyridine rings is 1. The Morgan fingerprint density at radius 1 is 1.17 bits per heavy atom. The summed E-state index contributed by atoms with van der Waals surface area (Å²) in [6.07, 6.45) is 2.63. The minimum atomic E-state index is -0.493. The fourth-order valence-corrected chi connectivity index (χ4v) is 3.20. The molecule has 1 atom stereocenters. The van der Waals surface area contributed by atoms with Gasteiger partial charge in [0, 0.05) is 38.0 Å². The van der Waals surface area contributed by atoms with Crippen LogP contribution in [0, 0.1) is 5.92 Å². The van der Waals surface area contributed by atoms with Crippen molar-refractivity contribution in [2.75, 3.05) is 13.1 Å². The van der Waals surface area contributed by atoms with Crippen LogP contribution in [0.5, 0.6) is 0 Å². The van der Waals surface area contributed by atoms with E-state index in [9.17, 15) is 14.7 Å². The number of likely N-dealkylation sites (tertiary alicyclic amines) is 1. The molecular formula is C19H22N2O3. The molecule has 1 amide bonds. The molecule has 1 saturated heterocycles. The van der Waals surface area contributed by atoms with E-state index in [4.69, 9.17) is 0 Å². The molecule has 1 aromatic carbocycles. The number of aromatic nitrogens is 1. The second kappa shape index (κ2) is 7.01. The average Bonchev–Trinajstić information content (AvgIpc) is 2.63. The summed E-state index contributed by atoms with van der Waals surface area (Å²) in [6, 6.07) is 12.7. The van der Waals surface area contributed by atoms with Crippen molar-refractivity contribution >= 4 is 5.91 Å². The van der Waals surface area contributed by atoms with E-state index in [0.717, 1.165) is 18.4 Å². The van der Waals surface area contributed by atoms with Crippen molar-refractivity contribution in [2.45, 2.75) is 18.9 Å². The second-order valence-corrected chi connectivity index (χ2v) is 6.35. The number of amides is 1. The van der Waals surface area contributed by atoms with Crippen molar-refractivity contribution in [1.29, 1.82) is 0 Å². The lowest BCUT2D eigenvalue weighted by molar-refractivity contribution is 0.0462. The first-order chi connectivity index (χ1) is 11.6. The molecule has 126 valence electrons. The van der Waals surface area contributed by atoms with Gasteiger partial charge in [0.1, 0.15) is 0 Å². The molecule has 1 aliphatic rings. The monoisotopic (exact) mass is 326 g/mol. The van der Waals surface area contributed by atoms with Crippen LogP contribution in [-0.4, -0.2) is 33.6 Å². The minimum absolute atomic E-state index is 0.111. The van der Waals surface area contributed by atoms with Crippen LogP contribution in [0.1, 0.15) is 34.9 Å². The maximum atomic E-state index is 12.5. The summed E-state index contributed by atoms with van der Waals surface area (Å²) < 4.78 is 1.44. The Morgan fingerprint density at radius 2 is 1.83 bits per heavy atom. The molecule has 1 aromatic heterocycles. The molecule has 0 spiro atoms. The number of aliphatic hydroxyl groups excluding tert-OH is 1.